The molecule has 0 spiro atoms. The number of carbonyl (C=O) groups is 3. The van der Waals surface area contributed by atoms with E-state index in [1.165, 1.54) is 22.4 Å². The zero-order valence-electron chi connectivity index (χ0n) is 14.4. The van der Waals surface area contributed by atoms with Gasteiger partial charge in [0.05, 0.1) is 11.8 Å². The number of aryl methyl sites for hydroxylation is 2. The molecule has 4 rings (SSSR count). The van der Waals surface area contributed by atoms with Crippen molar-refractivity contribution < 1.29 is 14.4 Å². The first-order valence-electron chi connectivity index (χ1n) is 9.40. The van der Waals surface area contributed by atoms with Crippen LogP contribution >= 0.6 is 0 Å². The second-order valence-electron chi connectivity index (χ2n) is 7.46. The van der Waals surface area contributed by atoms with Crippen LogP contribution in [0.4, 0.5) is 5.69 Å². The van der Waals surface area contributed by atoms with Crippen molar-refractivity contribution in [1.82, 2.24) is 4.90 Å². The number of amides is 3. The summed E-state index contributed by atoms with van der Waals surface area (Å²) in [7, 11) is 0. The highest BCUT2D eigenvalue weighted by atomic mass is 16.2. The van der Waals surface area contributed by atoms with Gasteiger partial charge in [0.1, 0.15) is 0 Å². The smallest absolute Gasteiger partial charge is 0.233 e. The summed E-state index contributed by atoms with van der Waals surface area (Å²) in [6.07, 6.45) is 7.19. The van der Waals surface area contributed by atoms with Crippen LogP contribution in [0.25, 0.3) is 0 Å². The molecule has 25 heavy (non-hydrogen) atoms. The highest BCUT2D eigenvalue weighted by Crippen LogP contribution is 2.38. The molecule has 1 saturated heterocycles. The average molecular weight is 340 g/mol. The molecule has 0 aromatic heterocycles. The Morgan fingerprint density at radius 1 is 1.00 bits per heavy atom. The molecule has 0 unspecified atom stereocenters. The van der Waals surface area contributed by atoms with Crippen LogP contribution < -0.4 is 5.32 Å². The molecule has 2 aliphatic carbocycles. The molecule has 1 N–H and O–H groups in total. The van der Waals surface area contributed by atoms with Crippen LogP contribution in [-0.4, -0.2) is 29.2 Å². The van der Waals surface area contributed by atoms with Gasteiger partial charge in [0.2, 0.25) is 17.7 Å². The number of carbonyl (C=O) groups excluding carboxylic acids is 3. The maximum atomic E-state index is 12.4. The summed E-state index contributed by atoms with van der Waals surface area (Å²) >= 11 is 0. The van der Waals surface area contributed by atoms with Crippen molar-refractivity contribution >= 4 is 23.4 Å². The van der Waals surface area contributed by atoms with Gasteiger partial charge in [-0.2, -0.15) is 0 Å². The van der Waals surface area contributed by atoms with Gasteiger partial charge in [0, 0.05) is 18.7 Å². The molecule has 1 aromatic carbocycles. The van der Waals surface area contributed by atoms with E-state index in [2.05, 4.69) is 11.4 Å². The molecule has 1 aliphatic heterocycles. The van der Waals surface area contributed by atoms with E-state index in [-0.39, 0.29) is 42.5 Å². The Balaban J connectivity index is 1.34. The van der Waals surface area contributed by atoms with E-state index < -0.39 is 0 Å². The number of hydrogen-bond donors (Lipinski definition) is 1. The van der Waals surface area contributed by atoms with Crippen molar-refractivity contribution in [3.8, 4) is 0 Å². The topological polar surface area (TPSA) is 66.5 Å². The highest BCUT2D eigenvalue weighted by molar-refractivity contribution is 6.05. The van der Waals surface area contributed by atoms with Gasteiger partial charge in [-0.3, -0.25) is 19.3 Å². The summed E-state index contributed by atoms with van der Waals surface area (Å²) in [6, 6.07) is 6.06. The Kier molecular flexibility index (Phi) is 4.32. The lowest BCUT2D eigenvalue weighted by Crippen LogP contribution is -2.34. The lowest BCUT2D eigenvalue weighted by atomic mass is 9.81. The first-order chi connectivity index (χ1) is 12.1. The van der Waals surface area contributed by atoms with Gasteiger partial charge in [-0.15, -0.1) is 0 Å². The SMILES string of the molecule is O=C(CCN1C(=O)[C@H]2CCCC[C@H]2C1=O)Nc1ccc2c(c1)CCC2. The molecule has 132 valence electrons. The third kappa shape index (κ3) is 3.08. The molecule has 3 amide bonds. The van der Waals surface area contributed by atoms with Gasteiger partial charge in [0.25, 0.3) is 0 Å². The van der Waals surface area contributed by atoms with E-state index in [4.69, 9.17) is 0 Å². The third-order valence-electron chi connectivity index (χ3n) is 5.88. The fraction of sp³-hybridized carbons (Fsp3) is 0.550. The predicted octanol–water partition coefficient (Wildman–Crippen LogP) is 2.68. The normalized spacial score (nSPS) is 25.0. The Hall–Kier alpha value is -2.17. The third-order valence-corrected chi connectivity index (χ3v) is 5.88. The molecule has 1 saturated carbocycles. The van der Waals surface area contributed by atoms with Gasteiger partial charge in [0.15, 0.2) is 0 Å². The molecule has 0 radical (unpaired) electrons. The lowest BCUT2D eigenvalue weighted by molar-refractivity contribution is -0.140. The first-order valence-corrected chi connectivity index (χ1v) is 9.40. The summed E-state index contributed by atoms with van der Waals surface area (Å²) < 4.78 is 0. The van der Waals surface area contributed by atoms with Crippen molar-refractivity contribution in [1.29, 1.82) is 0 Å². The van der Waals surface area contributed by atoms with E-state index >= 15 is 0 Å². The van der Waals surface area contributed by atoms with E-state index in [0.717, 1.165) is 44.2 Å². The molecule has 5 nitrogen and oxygen atoms in total. The summed E-state index contributed by atoms with van der Waals surface area (Å²) in [5.74, 6) is -0.560. The number of imide groups is 1. The Labute approximate surface area is 147 Å². The van der Waals surface area contributed by atoms with E-state index in [0.29, 0.717) is 0 Å². The molecular formula is C20H24N2O3. The van der Waals surface area contributed by atoms with E-state index in [1.54, 1.807) is 0 Å². The van der Waals surface area contributed by atoms with Gasteiger partial charge in [-0.25, -0.2) is 0 Å². The Bertz CT molecular complexity index is 704. The fourth-order valence-corrected chi connectivity index (χ4v) is 4.54. The minimum absolute atomic E-state index is 0.0694. The minimum Gasteiger partial charge on any atom is -0.326 e. The average Bonchev–Trinajstić information content (AvgIpc) is 3.17. The lowest BCUT2D eigenvalue weighted by Gasteiger charge is -2.19. The van der Waals surface area contributed by atoms with Crippen LogP contribution in [0, 0.1) is 11.8 Å². The summed E-state index contributed by atoms with van der Waals surface area (Å²) in [4.78, 5) is 38.4. The first kappa shape index (κ1) is 16.3. The highest BCUT2D eigenvalue weighted by Gasteiger charge is 2.47. The molecule has 2 atom stereocenters. The van der Waals surface area contributed by atoms with Crippen molar-refractivity contribution in [2.24, 2.45) is 11.8 Å². The monoisotopic (exact) mass is 340 g/mol. The van der Waals surface area contributed by atoms with Crippen LogP contribution in [0.3, 0.4) is 0 Å². The van der Waals surface area contributed by atoms with E-state index in [9.17, 15) is 14.4 Å². The molecule has 1 heterocycles. The molecule has 3 aliphatic rings. The molecular weight excluding hydrogens is 316 g/mol. The van der Waals surface area contributed by atoms with Gasteiger partial charge in [-0.1, -0.05) is 18.9 Å². The summed E-state index contributed by atoms with van der Waals surface area (Å²) in [5, 5.41) is 2.90. The quantitative estimate of drug-likeness (QED) is 0.857. The molecule has 5 heteroatoms. The molecule has 0 bridgehead atoms. The number of hydrogen-bond acceptors (Lipinski definition) is 3. The zero-order valence-corrected chi connectivity index (χ0v) is 14.4. The van der Waals surface area contributed by atoms with Crippen molar-refractivity contribution in [2.75, 3.05) is 11.9 Å². The number of likely N-dealkylation sites (tertiary alicyclic amines) is 1. The standard InChI is InChI=1S/C20H24N2O3/c23-18(21-15-9-8-13-4-3-5-14(13)12-15)10-11-22-19(24)16-6-1-2-7-17(16)20(22)25/h8-9,12,16-17H,1-7,10-11H2,(H,21,23)/t16-,17+. The zero-order chi connectivity index (χ0) is 17.4. The van der Waals surface area contributed by atoms with Gasteiger partial charge >= 0.3 is 0 Å². The maximum Gasteiger partial charge on any atom is 0.233 e. The molecule has 1 aromatic rings. The largest absolute Gasteiger partial charge is 0.326 e. The van der Waals surface area contributed by atoms with Crippen molar-refractivity contribution in [3.63, 3.8) is 0 Å². The minimum atomic E-state index is -0.145. The number of anilines is 1. The van der Waals surface area contributed by atoms with Gasteiger partial charge < -0.3 is 5.32 Å². The Morgan fingerprint density at radius 2 is 1.68 bits per heavy atom. The van der Waals surface area contributed by atoms with Crippen LogP contribution in [0.1, 0.15) is 49.7 Å². The van der Waals surface area contributed by atoms with Crippen LogP contribution in [0.15, 0.2) is 18.2 Å². The predicted molar refractivity (Wildman–Crippen MR) is 93.9 cm³/mol. The number of nitrogens with zero attached hydrogens (tertiary/aromatic N) is 1. The van der Waals surface area contributed by atoms with Crippen LogP contribution in [0.2, 0.25) is 0 Å². The summed E-state index contributed by atoms with van der Waals surface area (Å²) in [5.41, 5.74) is 3.49. The van der Waals surface area contributed by atoms with Gasteiger partial charge in [-0.05, 0) is 55.4 Å². The second kappa shape index (κ2) is 6.62. The van der Waals surface area contributed by atoms with Crippen molar-refractivity contribution in [2.45, 2.75) is 51.4 Å². The Morgan fingerprint density at radius 3 is 2.40 bits per heavy atom. The van der Waals surface area contributed by atoms with Crippen LogP contribution in [0.5, 0.6) is 0 Å². The number of nitrogens with one attached hydrogen (secondary N) is 1. The van der Waals surface area contributed by atoms with E-state index in [1.807, 2.05) is 12.1 Å². The fourth-order valence-electron chi connectivity index (χ4n) is 4.54. The summed E-state index contributed by atoms with van der Waals surface area (Å²) in [6.45, 7) is 0.196. The van der Waals surface area contributed by atoms with Crippen LogP contribution in [-0.2, 0) is 27.2 Å². The number of rotatable bonds is 4. The molecule has 2 fully saturated rings. The second-order valence-corrected chi connectivity index (χ2v) is 7.46. The number of benzene rings is 1. The maximum absolute atomic E-state index is 12.4. The van der Waals surface area contributed by atoms with Crippen molar-refractivity contribution in [3.05, 3.63) is 29.3 Å². The number of fused-ring (bicyclic) bond motifs is 2.